The molecule has 0 bridgehead atoms. The lowest BCUT2D eigenvalue weighted by atomic mass is 10.2. The maximum atomic E-state index is 12.4. The lowest BCUT2D eigenvalue weighted by Crippen LogP contribution is -2.30. The van der Waals surface area contributed by atoms with Crippen molar-refractivity contribution in [1.29, 1.82) is 0 Å². The summed E-state index contributed by atoms with van der Waals surface area (Å²) in [5.41, 5.74) is 2.47. The first-order valence-corrected chi connectivity index (χ1v) is 8.39. The quantitative estimate of drug-likeness (QED) is 0.601. The number of aromatic nitrogens is 4. The Kier molecular flexibility index (Phi) is 4.04. The summed E-state index contributed by atoms with van der Waals surface area (Å²) in [7, 11) is 3.63. The molecule has 4 rings (SSSR count). The van der Waals surface area contributed by atoms with Crippen LogP contribution in [0, 0.1) is 0 Å². The van der Waals surface area contributed by atoms with E-state index in [2.05, 4.69) is 15.1 Å². The number of aromatic amines is 1. The molecule has 1 N–H and O–H groups in total. The molecule has 7 nitrogen and oxygen atoms in total. The third-order valence-electron chi connectivity index (χ3n) is 4.41. The number of benzene rings is 1. The van der Waals surface area contributed by atoms with Gasteiger partial charge in [0.1, 0.15) is 11.4 Å². The van der Waals surface area contributed by atoms with E-state index in [1.54, 1.807) is 22.6 Å². The molecule has 1 aromatic carbocycles. The van der Waals surface area contributed by atoms with Crippen LogP contribution in [0.4, 0.5) is 0 Å². The summed E-state index contributed by atoms with van der Waals surface area (Å²) in [5, 5.41) is 5.12. The zero-order valence-electron chi connectivity index (χ0n) is 14.6. The van der Waals surface area contributed by atoms with E-state index >= 15 is 0 Å². The van der Waals surface area contributed by atoms with Gasteiger partial charge in [-0.2, -0.15) is 4.98 Å². The van der Waals surface area contributed by atoms with Crippen LogP contribution in [0.3, 0.4) is 0 Å². The van der Waals surface area contributed by atoms with Crippen molar-refractivity contribution in [3.63, 3.8) is 0 Å². The molecule has 4 aromatic rings. The molecule has 132 valence electrons. The average Bonchev–Trinajstić information content (AvgIpc) is 3.37. The Morgan fingerprint density at radius 3 is 2.88 bits per heavy atom. The summed E-state index contributed by atoms with van der Waals surface area (Å²) < 4.78 is 7.17. The Hall–Kier alpha value is -3.35. The molecule has 0 radical (unpaired) electrons. The molecule has 26 heavy (non-hydrogen) atoms. The molecule has 0 saturated heterocycles. The lowest BCUT2D eigenvalue weighted by Gasteiger charge is -2.16. The molecule has 1 amide bonds. The molecule has 0 fully saturated rings. The zero-order valence-corrected chi connectivity index (χ0v) is 14.6. The average molecular weight is 349 g/mol. The number of likely N-dealkylation sites (N-methyl/N-ethyl adjacent to an activating group) is 1. The SMILES string of the molecule is CN(CCc1noc(-c2cc3ccccc3[nH]2)n1)C(=O)c1cccn1C. The fourth-order valence-electron chi connectivity index (χ4n) is 2.90. The van der Waals surface area contributed by atoms with E-state index in [0.29, 0.717) is 30.4 Å². The first-order valence-electron chi connectivity index (χ1n) is 8.39. The van der Waals surface area contributed by atoms with Crippen LogP contribution in [-0.2, 0) is 13.5 Å². The number of aryl methyl sites for hydroxylation is 1. The zero-order chi connectivity index (χ0) is 18.1. The van der Waals surface area contributed by atoms with Crippen molar-refractivity contribution in [1.82, 2.24) is 24.6 Å². The van der Waals surface area contributed by atoms with Gasteiger partial charge in [0.15, 0.2) is 5.82 Å². The minimum absolute atomic E-state index is 0.0307. The normalized spacial score (nSPS) is 11.2. The predicted molar refractivity (Wildman–Crippen MR) is 97.7 cm³/mol. The molecule has 0 aliphatic rings. The fourth-order valence-corrected chi connectivity index (χ4v) is 2.90. The summed E-state index contributed by atoms with van der Waals surface area (Å²) in [4.78, 5) is 21.8. The summed E-state index contributed by atoms with van der Waals surface area (Å²) >= 11 is 0. The monoisotopic (exact) mass is 349 g/mol. The third-order valence-corrected chi connectivity index (χ3v) is 4.41. The number of carbonyl (C=O) groups is 1. The molecule has 0 aliphatic heterocycles. The maximum absolute atomic E-state index is 12.4. The highest BCUT2D eigenvalue weighted by molar-refractivity contribution is 5.92. The van der Waals surface area contributed by atoms with Gasteiger partial charge in [0, 0.05) is 44.2 Å². The van der Waals surface area contributed by atoms with Gasteiger partial charge in [-0.3, -0.25) is 4.79 Å². The maximum Gasteiger partial charge on any atom is 0.274 e. The van der Waals surface area contributed by atoms with Crippen LogP contribution in [0.15, 0.2) is 53.2 Å². The molecular formula is C19H19N5O2. The van der Waals surface area contributed by atoms with Gasteiger partial charge in [-0.25, -0.2) is 0 Å². The van der Waals surface area contributed by atoms with Crippen LogP contribution in [0.1, 0.15) is 16.3 Å². The van der Waals surface area contributed by atoms with Crippen molar-refractivity contribution < 1.29 is 9.32 Å². The van der Waals surface area contributed by atoms with E-state index in [0.717, 1.165) is 16.6 Å². The van der Waals surface area contributed by atoms with Gasteiger partial charge in [0.05, 0.1) is 0 Å². The van der Waals surface area contributed by atoms with E-state index in [1.165, 1.54) is 0 Å². The minimum Gasteiger partial charge on any atom is -0.351 e. The largest absolute Gasteiger partial charge is 0.351 e. The second-order valence-electron chi connectivity index (χ2n) is 6.27. The van der Waals surface area contributed by atoms with Crippen LogP contribution in [0.5, 0.6) is 0 Å². The number of hydrogen-bond acceptors (Lipinski definition) is 4. The van der Waals surface area contributed by atoms with Crippen LogP contribution >= 0.6 is 0 Å². The highest BCUT2D eigenvalue weighted by Gasteiger charge is 2.16. The van der Waals surface area contributed by atoms with Crippen molar-refractivity contribution >= 4 is 16.8 Å². The van der Waals surface area contributed by atoms with Crippen molar-refractivity contribution in [2.75, 3.05) is 13.6 Å². The van der Waals surface area contributed by atoms with Gasteiger partial charge in [-0.15, -0.1) is 0 Å². The van der Waals surface area contributed by atoms with Gasteiger partial charge in [0.2, 0.25) is 0 Å². The summed E-state index contributed by atoms with van der Waals surface area (Å²) in [6.07, 6.45) is 2.38. The second-order valence-corrected chi connectivity index (χ2v) is 6.27. The second kappa shape index (κ2) is 6.51. The Morgan fingerprint density at radius 1 is 1.27 bits per heavy atom. The molecule has 3 aromatic heterocycles. The summed E-state index contributed by atoms with van der Waals surface area (Å²) in [6, 6.07) is 13.6. The van der Waals surface area contributed by atoms with Gasteiger partial charge in [-0.05, 0) is 24.3 Å². The number of nitrogens with one attached hydrogen (secondary N) is 1. The number of fused-ring (bicyclic) bond motifs is 1. The number of nitrogens with zero attached hydrogens (tertiary/aromatic N) is 4. The van der Waals surface area contributed by atoms with Crippen LogP contribution < -0.4 is 0 Å². The number of para-hydroxylation sites is 1. The Balaban J connectivity index is 1.43. The van der Waals surface area contributed by atoms with Gasteiger partial charge >= 0.3 is 0 Å². The predicted octanol–water partition coefficient (Wildman–Crippen LogP) is 2.87. The molecule has 0 unspecified atom stereocenters. The lowest BCUT2D eigenvalue weighted by molar-refractivity contribution is 0.0786. The van der Waals surface area contributed by atoms with Gasteiger partial charge in [-0.1, -0.05) is 23.4 Å². The topological polar surface area (TPSA) is 80.0 Å². The molecule has 0 spiro atoms. The number of H-pyrrole nitrogens is 1. The highest BCUT2D eigenvalue weighted by Crippen LogP contribution is 2.22. The first-order chi connectivity index (χ1) is 12.6. The van der Waals surface area contributed by atoms with Crippen molar-refractivity contribution in [2.24, 2.45) is 7.05 Å². The van der Waals surface area contributed by atoms with Crippen molar-refractivity contribution in [3.8, 4) is 11.6 Å². The Morgan fingerprint density at radius 2 is 2.12 bits per heavy atom. The van der Waals surface area contributed by atoms with Crippen molar-refractivity contribution in [3.05, 3.63) is 60.2 Å². The van der Waals surface area contributed by atoms with Crippen LogP contribution in [0.25, 0.3) is 22.5 Å². The highest BCUT2D eigenvalue weighted by atomic mass is 16.5. The van der Waals surface area contributed by atoms with Crippen LogP contribution in [-0.4, -0.2) is 44.1 Å². The van der Waals surface area contributed by atoms with E-state index < -0.39 is 0 Å². The Labute approximate surface area is 150 Å². The smallest absolute Gasteiger partial charge is 0.274 e. The van der Waals surface area contributed by atoms with Crippen LogP contribution in [0.2, 0.25) is 0 Å². The minimum atomic E-state index is -0.0307. The van der Waals surface area contributed by atoms with E-state index in [1.807, 2.05) is 49.6 Å². The van der Waals surface area contributed by atoms with Gasteiger partial charge in [0.25, 0.3) is 11.8 Å². The van der Waals surface area contributed by atoms with E-state index in [4.69, 9.17) is 4.52 Å². The Bertz CT molecular complexity index is 1030. The molecule has 0 saturated carbocycles. The fraction of sp³-hybridized carbons (Fsp3) is 0.211. The van der Waals surface area contributed by atoms with Crippen molar-refractivity contribution in [2.45, 2.75) is 6.42 Å². The van der Waals surface area contributed by atoms with E-state index in [9.17, 15) is 4.79 Å². The molecule has 0 atom stereocenters. The molecule has 0 aliphatic carbocycles. The molecule has 3 heterocycles. The summed E-state index contributed by atoms with van der Waals surface area (Å²) in [5.74, 6) is 0.995. The molecular weight excluding hydrogens is 330 g/mol. The first kappa shape index (κ1) is 16.1. The summed E-state index contributed by atoms with van der Waals surface area (Å²) in [6.45, 7) is 0.510. The number of rotatable bonds is 5. The molecule has 7 heteroatoms. The standard InChI is InChI=1S/C19H19N5O2/c1-23-10-5-8-16(23)19(25)24(2)11-9-17-21-18(26-22-17)15-12-13-6-3-4-7-14(13)20-15/h3-8,10,12,20H,9,11H2,1-2H3. The number of amides is 1. The van der Waals surface area contributed by atoms with E-state index in [-0.39, 0.29) is 5.91 Å². The third kappa shape index (κ3) is 2.99. The number of hydrogen-bond donors (Lipinski definition) is 1. The van der Waals surface area contributed by atoms with Gasteiger partial charge < -0.3 is 19.0 Å². The number of carbonyl (C=O) groups excluding carboxylic acids is 1.